The largest absolute Gasteiger partial charge is 0.497 e. The molecule has 2 aromatic rings. The summed E-state index contributed by atoms with van der Waals surface area (Å²) in [4.78, 5) is 11.4. The molecule has 2 aromatic carbocycles. The topological polar surface area (TPSA) is 59.3 Å². The molecular formula is C18H15NO3. The molecule has 22 heavy (non-hydrogen) atoms. The molecule has 0 N–H and O–H groups in total. The summed E-state index contributed by atoms with van der Waals surface area (Å²) in [5.74, 6) is 0.356. The van der Waals surface area contributed by atoms with Gasteiger partial charge in [0.2, 0.25) is 0 Å². The molecule has 110 valence electrons. The van der Waals surface area contributed by atoms with Crippen molar-refractivity contribution in [1.29, 1.82) is 5.26 Å². The Bertz CT molecular complexity index is 722. The van der Waals surface area contributed by atoms with Gasteiger partial charge in [-0.05, 0) is 53.6 Å². The van der Waals surface area contributed by atoms with Crippen LogP contribution in [0.5, 0.6) is 5.75 Å². The molecule has 0 amide bonds. The number of ether oxygens (including phenoxy) is 2. The molecule has 0 saturated carbocycles. The molecule has 0 fully saturated rings. The minimum Gasteiger partial charge on any atom is -0.497 e. The highest BCUT2D eigenvalue weighted by Crippen LogP contribution is 2.21. The van der Waals surface area contributed by atoms with E-state index >= 15 is 0 Å². The van der Waals surface area contributed by atoms with Crippen LogP contribution in [-0.2, 0) is 4.74 Å². The summed E-state index contributed by atoms with van der Waals surface area (Å²) in [6.07, 6.45) is 1.77. The first kappa shape index (κ1) is 15.3. The Morgan fingerprint density at radius 2 is 1.59 bits per heavy atom. The summed E-state index contributed by atoms with van der Waals surface area (Å²) >= 11 is 0. The van der Waals surface area contributed by atoms with Crippen LogP contribution < -0.4 is 4.74 Å². The molecule has 0 atom stereocenters. The third kappa shape index (κ3) is 3.53. The van der Waals surface area contributed by atoms with Crippen molar-refractivity contribution in [2.24, 2.45) is 0 Å². The number of hydrogen-bond donors (Lipinski definition) is 0. The van der Waals surface area contributed by atoms with Crippen LogP contribution in [0.2, 0.25) is 0 Å². The van der Waals surface area contributed by atoms with Gasteiger partial charge in [-0.25, -0.2) is 4.79 Å². The lowest BCUT2D eigenvalue weighted by molar-refractivity contribution is 0.0600. The van der Waals surface area contributed by atoms with Crippen LogP contribution in [0.1, 0.15) is 21.5 Å². The Morgan fingerprint density at radius 3 is 2.09 bits per heavy atom. The van der Waals surface area contributed by atoms with Crippen LogP contribution in [0.15, 0.2) is 48.5 Å². The first-order chi connectivity index (χ1) is 10.7. The van der Waals surface area contributed by atoms with Gasteiger partial charge in [-0.3, -0.25) is 0 Å². The number of nitriles is 1. The lowest BCUT2D eigenvalue weighted by Gasteiger charge is -2.03. The van der Waals surface area contributed by atoms with E-state index in [1.54, 1.807) is 49.6 Å². The van der Waals surface area contributed by atoms with Gasteiger partial charge >= 0.3 is 5.97 Å². The molecule has 0 bridgehead atoms. The molecule has 0 aliphatic carbocycles. The molecule has 0 aliphatic heterocycles. The predicted molar refractivity (Wildman–Crippen MR) is 84.3 cm³/mol. The minimum atomic E-state index is -0.383. The Labute approximate surface area is 129 Å². The fourth-order valence-corrected chi connectivity index (χ4v) is 1.95. The molecule has 4 heteroatoms. The molecular weight excluding hydrogens is 278 g/mol. The van der Waals surface area contributed by atoms with Gasteiger partial charge in [0.25, 0.3) is 0 Å². The number of carbonyl (C=O) groups is 1. The highest BCUT2D eigenvalue weighted by molar-refractivity contribution is 5.92. The molecule has 2 rings (SSSR count). The summed E-state index contributed by atoms with van der Waals surface area (Å²) in [5.41, 5.74) is 2.65. The number of carbonyl (C=O) groups excluding carboxylic acids is 1. The van der Waals surface area contributed by atoms with E-state index in [1.807, 2.05) is 12.1 Å². The minimum absolute atomic E-state index is 0.383. The Morgan fingerprint density at radius 1 is 1.00 bits per heavy atom. The van der Waals surface area contributed by atoms with Crippen LogP contribution in [-0.4, -0.2) is 20.2 Å². The van der Waals surface area contributed by atoms with Crippen molar-refractivity contribution in [2.75, 3.05) is 14.2 Å². The molecule has 0 saturated heterocycles. The smallest absolute Gasteiger partial charge is 0.337 e. The van der Waals surface area contributed by atoms with Gasteiger partial charge in [0.1, 0.15) is 5.75 Å². The predicted octanol–water partition coefficient (Wildman–Crippen LogP) is 3.55. The summed E-state index contributed by atoms with van der Waals surface area (Å²) in [5, 5.41) is 9.32. The van der Waals surface area contributed by atoms with E-state index < -0.39 is 0 Å². The molecule has 0 heterocycles. The lowest BCUT2D eigenvalue weighted by Crippen LogP contribution is -2.00. The van der Waals surface area contributed by atoms with Crippen molar-refractivity contribution in [3.8, 4) is 11.8 Å². The second-order valence-corrected chi connectivity index (χ2v) is 4.51. The number of esters is 1. The lowest BCUT2D eigenvalue weighted by atomic mass is 10.0. The van der Waals surface area contributed by atoms with Gasteiger partial charge in [-0.2, -0.15) is 5.26 Å². The van der Waals surface area contributed by atoms with Crippen molar-refractivity contribution >= 4 is 17.6 Å². The fraction of sp³-hybridized carbons (Fsp3) is 0.111. The first-order valence-electron chi connectivity index (χ1n) is 6.62. The monoisotopic (exact) mass is 293 g/mol. The van der Waals surface area contributed by atoms with E-state index in [9.17, 15) is 10.1 Å². The maximum absolute atomic E-state index is 11.4. The molecule has 0 radical (unpaired) electrons. The first-order valence-corrected chi connectivity index (χ1v) is 6.62. The highest BCUT2D eigenvalue weighted by atomic mass is 16.5. The zero-order valence-electron chi connectivity index (χ0n) is 12.4. The molecule has 0 unspecified atom stereocenters. The van der Waals surface area contributed by atoms with Crippen LogP contribution in [0.4, 0.5) is 0 Å². The summed E-state index contributed by atoms with van der Waals surface area (Å²) in [6.45, 7) is 0. The molecule has 4 nitrogen and oxygen atoms in total. The van der Waals surface area contributed by atoms with E-state index in [2.05, 4.69) is 10.8 Å². The summed E-state index contributed by atoms with van der Waals surface area (Å²) < 4.78 is 9.75. The number of allylic oxidation sites excluding steroid dienone is 1. The third-order valence-corrected chi connectivity index (χ3v) is 3.16. The fourth-order valence-electron chi connectivity index (χ4n) is 1.95. The van der Waals surface area contributed by atoms with Crippen molar-refractivity contribution in [3.05, 3.63) is 65.2 Å². The number of nitrogens with zero attached hydrogens (tertiary/aromatic N) is 1. The van der Waals surface area contributed by atoms with Crippen molar-refractivity contribution in [3.63, 3.8) is 0 Å². The zero-order chi connectivity index (χ0) is 15.9. The maximum atomic E-state index is 11.4. The Hall–Kier alpha value is -3.06. The average molecular weight is 293 g/mol. The van der Waals surface area contributed by atoms with Gasteiger partial charge in [0.05, 0.1) is 31.4 Å². The van der Waals surface area contributed by atoms with Gasteiger partial charge in [-0.1, -0.05) is 12.1 Å². The van der Waals surface area contributed by atoms with Gasteiger partial charge in [0, 0.05) is 0 Å². The van der Waals surface area contributed by atoms with E-state index in [4.69, 9.17) is 4.74 Å². The molecule has 0 spiro atoms. The van der Waals surface area contributed by atoms with Crippen LogP contribution in [0.25, 0.3) is 11.6 Å². The molecule has 0 aromatic heterocycles. The van der Waals surface area contributed by atoms with Crippen molar-refractivity contribution in [2.45, 2.75) is 0 Å². The maximum Gasteiger partial charge on any atom is 0.337 e. The SMILES string of the molecule is COC(=O)c1ccc(/C=C(/C#N)c2ccc(OC)cc2)cc1. The number of methoxy groups -OCH3 is 2. The van der Waals surface area contributed by atoms with Crippen molar-refractivity contribution < 1.29 is 14.3 Å². The quantitative estimate of drug-likeness (QED) is 0.491. The normalized spacial score (nSPS) is 10.7. The van der Waals surface area contributed by atoms with Gasteiger partial charge in [0.15, 0.2) is 0 Å². The standard InChI is InChI=1S/C18H15NO3/c1-21-17-9-7-14(8-10-17)16(12-19)11-13-3-5-15(6-4-13)18(20)22-2/h3-11H,1-2H3/b16-11-. The number of hydrogen-bond acceptors (Lipinski definition) is 4. The Balaban J connectivity index is 2.28. The summed E-state index contributed by atoms with van der Waals surface area (Å²) in [6, 6.07) is 16.3. The van der Waals surface area contributed by atoms with Gasteiger partial charge < -0.3 is 9.47 Å². The zero-order valence-corrected chi connectivity index (χ0v) is 12.4. The third-order valence-electron chi connectivity index (χ3n) is 3.16. The van der Waals surface area contributed by atoms with E-state index in [1.165, 1.54) is 7.11 Å². The highest BCUT2D eigenvalue weighted by Gasteiger charge is 2.05. The average Bonchev–Trinajstić information content (AvgIpc) is 2.59. The van der Waals surface area contributed by atoms with Crippen LogP contribution >= 0.6 is 0 Å². The number of rotatable bonds is 4. The van der Waals surface area contributed by atoms with Crippen molar-refractivity contribution in [1.82, 2.24) is 0 Å². The van der Waals surface area contributed by atoms with Crippen LogP contribution in [0, 0.1) is 11.3 Å². The van der Waals surface area contributed by atoms with E-state index in [-0.39, 0.29) is 5.97 Å². The van der Waals surface area contributed by atoms with Crippen LogP contribution in [0.3, 0.4) is 0 Å². The molecule has 0 aliphatic rings. The van der Waals surface area contributed by atoms with Gasteiger partial charge in [-0.15, -0.1) is 0 Å². The van der Waals surface area contributed by atoms with E-state index in [0.29, 0.717) is 11.1 Å². The Kier molecular flexibility index (Phi) is 4.94. The summed E-state index contributed by atoms with van der Waals surface area (Å²) in [7, 11) is 2.94. The second-order valence-electron chi connectivity index (χ2n) is 4.51. The van der Waals surface area contributed by atoms with E-state index in [0.717, 1.165) is 16.9 Å². The second kappa shape index (κ2) is 7.09. The number of benzene rings is 2.